The van der Waals surface area contributed by atoms with Crippen LogP contribution in [0.3, 0.4) is 0 Å². The molecule has 1 atom stereocenters. The molecule has 0 amide bonds. The van der Waals surface area contributed by atoms with E-state index in [1.165, 1.54) is 116 Å². The summed E-state index contributed by atoms with van der Waals surface area (Å²) in [5, 5.41) is 0. The van der Waals surface area contributed by atoms with Crippen LogP contribution >= 0.6 is 0 Å². The Hall–Kier alpha value is -2.89. The van der Waals surface area contributed by atoms with Crippen LogP contribution in [-0.4, -0.2) is 37.2 Å². The minimum Gasteiger partial charge on any atom is -0.462 e. The zero-order valence-corrected chi connectivity index (χ0v) is 39.5. The number of carbonyl (C=O) groups excluding carboxylic acids is 3. The summed E-state index contributed by atoms with van der Waals surface area (Å²) < 4.78 is 16.7. The van der Waals surface area contributed by atoms with Crippen molar-refractivity contribution in [3.63, 3.8) is 0 Å². The molecule has 0 aromatic heterocycles. The highest BCUT2D eigenvalue weighted by atomic mass is 16.6. The van der Waals surface area contributed by atoms with Gasteiger partial charge in [-0.05, 0) is 77.0 Å². The molecule has 6 nitrogen and oxygen atoms in total. The van der Waals surface area contributed by atoms with E-state index in [1.54, 1.807) is 0 Å². The molecule has 0 saturated heterocycles. The van der Waals surface area contributed by atoms with E-state index >= 15 is 0 Å². The van der Waals surface area contributed by atoms with Gasteiger partial charge >= 0.3 is 17.9 Å². The summed E-state index contributed by atoms with van der Waals surface area (Å²) in [6.45, 7) is 6.46. The van der Waals surface area contributed by atoms with Crippen molar-refractivity contribution in [1.29, 1.82) is 0 Å². The second kappa shape index (κ2) is 48.8. The molecule has 0 rings (SSSR count). The molecule has 0 aliphatic carbocycles. The Bertz CT molecular complexity index is 1100. The largest absolute Gasteiger partial charge is 0.462 e. The van der Waals surface area contributed by atoms with E-state index in [0.29, 0.717) is 25.7 Å². The smallest absolute Gasteiger partial charge is 0.306 e. The summed E-state index contributed by atoms with van der Waals surface area (Å²) in [7, 11) is 0. The normalized spacial score (nSPS) is 12.5. The van der Waals surface area contributed by atoms with Crippen molar-refractivity contribution >= 4 is 17.9 Å². The van der Waals surface area contributed by atoms with Gasteiger partial charge in [0.25, 0.3) is 0 Å². The molecule has 0 saturated carbocycles. The van der Waals surface area contributed by atoms with Crippen LogP contribution in [0.1, 0.15) is 245 Å². The fraction of sp³-hybridized carbons (Fsp3) is 0.759. The van der Waals surface area contributed by atoms with Crippen LogP contribution < -0.4 is 0 Å². The summed E-state index contributed by atoms with van der Waals surface area (Å²) in [4.78, 5) is 37.8. The molecule has 60 heavy (non-hydrogen) atoms. The molecule has 0 aliphatic rings. The first-order chi connectivity index (χ1) is 29.5. The number of carbonyl (C=O) groups is 3. The highest BCUT2D eigenvalue weighted by Crippen LogP contribution is 2.15. The van der Waals surface area contributed by atoms with Gasteiger partial charge in [0, 0.05) is 19.3 Å². The Morgan fingerprint density at radius 3 is 1.12 bits per heavy atom. The lowest BCUT2D eigenvalue weighted by Gasteiger charge is -2.18. The van der Waals surface area contributed by atoms with Crippen LogP contribution in [0.4, 0.5) is 0 Å². The third-order valence-corrected chi connectivity index (χ3v) is 10.8. The van der Waals surface area contributed by atoms with E-state index in [1.807, 2.05) is 0 Å². The van der Waals surface area contributed by atoms with Gasteiger partial charge in [-0.25, -0.2) is 0 Å². The zero-order valence-electron chi connectivity index (χ0n) is 39.5. The first kappa shape index (κ1) is 57.1. The maximum atomic E-state index is 12.8. The van der Waals surface area contributed by atoms with Crippen molar-refractivity contribution in [2.24, 2.45) is 0 Å². The molecule has 0 heterocycles. The molecule has 0 bridgehead atoms. The van der Waals surface area contributed by atoms with Gasteiger partial charge in [0.15, 0.2) is 6.10 Å². The Labute approximate surface area is 370 Å². The summed E-state index contributed by atoms with van der Waals surface area (Å²) >= 11 is 0. The predicted molar refractivity (Wildman–Crippen MR) is 256 cm³/mol. The van der Waals surface area contributed by atoms with Crippen molar-refractivity contribution in [3.8, 4) is 0 Å². The van der Waals surface area contributed by atoms with Gasteiger partial charge in [0.1, 0.15) is 13.2 Å². The van der Waals surface area contributed by atoms with Crippen LogP contribution in [0, 0.1) is 0 Å². The zero-order chi connectivity index (χ0) is 43.7. The first-order valence-corrected chi connectivity index (χ1v) is 25.3. The van der Waals surface area contributed by atoms with Crippen LogP contribution in [0.25, 0.3) is 0 Å². The Kier molecular flexibility index (Phi) is 46.4. The van der Waals surface area contributed by atoms with Crippen molar-refractivity contribution < 1.29 is 28.6 Å². The highest BCUT2D eigenvalue weighted by Gasteiger charge is 2.19. The fourth-order valence-corrected chi connectivity index (χ4v) is 6.97. The molecule has 0 N–H and O–H groups in total. The van der Waals surface area contributed by atoms with E-state index in [2.05, 4.69) is 81.5 Å². The van der Waals surface area contributed by atoms with Crippen LogP contribution in [0.5, 0.6) is 0 Å². The third-order valence-electron chi connectivity index (χ3n) is 10.8. The van der Waals surface area contributed by atoms with Gasteiger partial charge < -0.3 is 14.2 Å². The average molecular weight is 839 g/mol. The number of ether oxygens (including phenoxy) is 3. The molecule has 0 spiro atoms. The van der Waals surface area contributed by atoms with Crippen molar-refractivity contribution in [2.75, 3.05) is 13.2 Å². The minimum absolute atomic E-state index is 0.0886. The Morgan fingerprint density at radius 1 is 0.350 bits per heavy atom. The van der Waals surface area contributed by atoms with E-state index in [4.69, 9.17) is 14.2 Å². The fourth-order valence-electron chi connectivity index (χ4n) is 6.97. The van der Waals surface area contributed by atoms with Gasteiger partial charge in [0.2, 0.25) is 0 Å². The molecular formula is C54H94O6. The Balaban J connectivity index is 4.34. The monoisotopic (exact) mass is 839 g/mol. The molecule has 0 aromatic carbocycles. The summed E-state index contributed by atoms with van der Waals surface area (Å²) in [6.07, 6.45) is 59.3. The molecule has 1 unspecified atom stereocenters. The number of hydrogen-bond acceptors (Lipinski definition) is 6. The maximum Gasteiger partial charge on any atom is 0.306 e. The summed E-state index contributed by atoms with van der Waals surface area (Å²) in [5.74, 6) is -0.934. The van der Waals surface area contributed by atoms with Gasteiger partial charge in [-0.15, -0.1) is 0 Å². The first-order valence-electron chi connectivity index (χ1n) is 25.3. The third kappa shape index (κ3) is 46.2. The predicted octanol–water partition coefficient (Wildman–Crippen LogP) is 16.5. The number of hydrogen-bond donors (Lipinski definition) is 0. The SMILES string of the molecule is CC/C=C\C/C=C\C/C=C\C/C=C\CCCCCCCCC(=O)OCC(COC(=O)CCC/C=C\CCCCCC)OC(=O)CCCCCCCCCCCCCCCC. The molecule has 0 fully saturated rings. The lowest BCUT2D eigenvalue weighted by atomic mass is 10.0. The van der Waals surface area contributed by atoms with Gasteiger partial charge in [-0.2, -0.15) is 0 Å². The second-order valence-corrected chi connectivity index (χ2v) is 16.7. The lowest BCUT2D eigenvalue weighted by Crippen LogP contribution is -2.30. The molecule has 346 valence electrons. The maximum absolute atomic E-state index is 12.8. The van der Waals surface area contributed by atoms with E-state index in [9.17, 15) is 14.4 Å². The topological polar surface area (TPSA) is 78.9 Å². The molecule has 0 radical (unpaired) electrons. The average Bonchev–Trinajstić information content (AvgIpc) is 3.24. The molecule has 0 aromatic rings. The number of rotatable bonds is 45. The van der Waals surface area contributed by atoms with Gasteiger partial charge in [0.05, 0.1) is 0 Å². The van der Waals surface area contributed by atoms with Gasteiger partial charge in [-0.1, -0.05) is 210 Å². The number of allylic oxidation sites excluding steroid dienone is 10. The molecular weight excluding hydrogens is 745 g/mol. The summed E-state index contributed by atoms with van der Waals surface area (Å²) in [6, 6.07) is 0. The van der Waals surface area contributed by atoms with Gasteiger partial charge in [-0.3, -0.25) is 14.4 Å². The number of unbranched alkanes of at least 4 members (excludes halogenated alkanes) is 24. The van der Waals surface area contributed by atoms with Crippen LogP contribution in [0.2, 0.25) is 0 Å². The van der Waals surface area contributed by atoms with E-state index in [0.717, 1.165) is 83.5 Å². The van der Waals surface area contributed by atoms with E-state index in [-0.39, 0.29) is 31.1 Å². The van der Waals surface area contributed by atoms with Crippen molar-refractivity contribution in [2.45, 2.75) is 252 Å². The number of esters is 3. The second-order valence-electron chi connectivity index (χ2n) is 16.7. The molecule has 0 aliphatic heterocycles. The quantitative estimate of drug-likeness (QED) is 0.0263. The molecule has 6 heteroatoms. The van der Waals surface area contributed by atoms with Crippen molar-refractivity contribution in [3.05, 3.63) is 60.8 Å². The summed E-state index contributed by atoms with van der Waals surface area (Å²) in [5.41, 5.74) is 0. The van der Waals surface area contributed by atoms with Crippen molar-refractivity contribution in [1.82, 2.24) is 0 Å². The highest BCUT2D eigenvalue weighted by molar-refractivity contribution is 5.71. The van der Waals surface area contributed by atoms with E-state index < -0.39 is 6.10 Å². The van der Waals surface area contributed by atoms with Crippen LogP contribution in [0.15, 0.2) is 60.8 Å². The minimum atomic E-state index is -0.787. The standard InChI is InChI=1S/C54H94O6/c1-4-7-10-13-16-19-21-23-25-26-27-28-29-31-32-35-38-41-44-47-53(56)59-50-51(49-58-52(55)46-43-40-37-34-18-15-12-9-6-3)60-54(57)48-45-42-39-36-33-30-24-22-20-17-14-11-8-5-2/h7,10,16,19,23,25,27-28,34,37,51H,4-6,8-9,11-15,17-18,20-22,24,26,29-33,35-36,38-50H2,1-3H3/b10-7-,19-16-,25-23-,28-27-,37-34-. The Morgan fingerprint density at radius 2 is 0.667 bits per heavy atom. The lowest BCUT2D eigenvalue weighted by molar-refractivity contribution is -0.167. The van der Waals surface area contributed by atoms with Crippen LogP contribution in [-0.2, 0) is 28.6 Å².